The van der Waals surface area contributed by atoms with Gasteiger partial charge in [-0.1, -0.05) is 26.8 Å². The Bertz CT molecular complexity index is 692. The molecule has 0 N–H and O–H groups in total. The molecule has 1 atom stereocenters. The van der Waals surface area contributed by atoms with E-state index in [0.717, 1.165) is 16.2 Å². The summed E-state index contributed by atoms with van der Waals surface area (Å²) < 4.78 is 27.8. The van der Waals surface area contributed by atoms with E-state index >= 15 is 0 Å². The van der Waals surface area contributed by atoms with Crippen molar-refractivity contribution in [2.75, 3.05) is 0 Å². The lowest BCUT2D eigenvalue weighted by Crippen LogP contribution is -2.22. The zero-order valence-electron chi connectivity index (χ0n) is 12.3. The molecule has 21 heavy (non-hydrogen) atoms. The average Bonchev–Trinajstić information content (AvgIpc) is 2.59. The topological polar surface area (TPSA) is 12.9 Å². The molecule has 1 aliphatic rings. The molecule has 4 heteroatoms. The van der Waals surface area contributed by atoms with E-state index in [9.17, 15) is 8.78 Å². The molecule has 1 aromatic heterocycles. The van der Waals surface area contributed by atoms with Crippen LogP contribution in [0.3, 0.4) is 0 Å². The minimum Gasteiger partial charge on any atom is -0.259 e. The molecular weight excluding hydrogens is 288 g/mol. The summed E-state index contributed by atoms with van der Waals surface area (Å²) in [4.78, 5) is 5.59. The minimum atomic E-state index is -0.777. The molecule has 0 saturated heterocycles. The molecule has 0 amide bonds. The van der Waals surface area contributed by atoms with E-state index in [0.29, 0.717) is 11.3 Å². The fourth-order valence-electron chi connectivity index (χ4n) is 2.94. The molecule has 0 saturated carbocycles. The Hall–Kier alpha value is -1.42. The largest absolute Gasteiger partial charge is 0.259 e. The molecule has 2 heterocycles. The van der Waals surface area contributed by atoms with E-state index in [1.807, 2.05) is 12.1 Å². The lowest BCUT2D eigenvalue weighted by Gasteiger charge is -2.31. The molecule has 1 aromatic carbocycles. The van der Waals surface area contributed by atoms with E-state index in [1.54, 1.807) is 12.3 Å². The van der Waals surface area contributed by atoms with Gasteiger partial charge in [-0.3, -0.25) is 4.98 Å². The van der Waals surface area contributed by atoms with E-state index in [-0.39, 0.29) is 11.3 Å². The Morgan fingerprint density at radius 3 is 2.67 bits per heavy atom. The van der Waals surface area contributed by atoms with Crippen molar-refractivity contribution in [2.45, 2.75) is 37.3 Å². The number of rotatable bonds is 0. The number of thioether (sulfide) groups is 1. The summed E-state index contributed by atoms with van der Waals surface area (Å²) in [6.07, 6.45) is 1.77. The van der Waals surface area contributed by atoms with Crippen LogP contribution < -0.4 is 0 Å². The van der Waals surface area contributed by atoms with Crippen molar-refractivity contribution in [3.63, 3.8) is 0 Å². The maximum absolute atomic E-state index is 14.2. The minimum absolute atomic E-state index is 0.0474. The number of halogens is 2. The van der Waals surface area contributed by atoms with Crippen molar-refractivity contribution in [3.05, 3.63) is 58.9 Å². The molecule has 2 aromatic rings. The van der Waals surface area contributed by atoms with Gasteiger partial charge in [0.05, 0.1) is 5.69 Å². The highest BCUT2D eigenvalue weighted by atomic mass is 32.2. The van der Waals surface area contributed by atoms with Crippen LogP contribution in [-0.4, -0.2) is 4.98 Å². The monoisotopic (exact) mass is 305 g/mol. The number of nitrogens with zero attached hydrogens (tertiary/aromatic N) is 1. The van der Waals surface area contributed by atoms with E-state index in [4.69, 9.17) is 0 Å². The first-order valence-electron chi connectivity index (χ1n) is 6.94. The Morgan fingerprint density at radius 2 is 1.95 bits per heavy atom. The van der Waals surface area contributed by atoms with Gasteiger partial charge in [0, 0.05) is 28.3 Å². The standard InChI is InChI=1S/C17H17F2NS/c1-17(2,3)14-10-6-7-12(18)15(19)11(10)9-21-13-5-4-8-20-16(13)14/h4-8,14H,9H2,1-3H3. The van der Waals surface area contributed by atoms with Crippen LogP contribution in [0.25, 0.3) is 0 Å². The maximum Gasteiger partial charge on any atom is 0.163 e. The van der Waals surface area contributed by atoms with Gasteiger partial charge >= 0.3 is 0 Å². The molecular formula is C17H17F2NS. The Labute approximate surface area is 127 Å². The summed E-state index contributed by atoms with van der Waals surface area (Å²) in [5, 5.41) is 0. The first kappa shape index (κ1) is 14.5. The van der Waals surface area contributed by atoms with Crippen molar-refractivity contribution >= 4 is 11.8 Å². The van der Waals surface area contributed by atoms with Crippen LogP contribution in [0.2, 0.25) is 0 Å². The van der Waals surface area contributed by atoms with Crippen molar-refractivity contribution < 1.29 is 8.78 Å². The predicted molar refractivity (Wildman–Crippen MR) is 81.5 cm³/mol. The molecule has 0 bridgehead atoms. The summed E-state index contributed by atoms with van der Waals surface area (Å²) in [5.74, 6) is -1.11. The van der Waals surface area contributed by atoms with Gasteiger partial charge in [0.15, 0.2) is 11.6 Å². The number of pyridine rings is 1. The number of fused-ring (bicyclic) bond motifs is 2. The van der Waals surface area contributed by atoms with Gasteiger partial charge in [0.25, 0.3) is 0 Å². The SMILES string of the molecule is CC(C)(C)C1c2ccc(F)c(F)c2CSc2cccnc21. The highest BCUT2D eigenvalue weighted by Gasteiger charge is 2.35. The molecule has 0 spiro atoms. The fraction of sp³-hybridized carbons (Fsp3) is 0.353. The van der Waals surface area contributed by atoms with Crippen LogP contribution in [0.5, 0.6) is 0 Å². The Kier molecular flexibility index (Phi) is 3.52. The van der Waals surface area contributed by atoms with Gasteiger partial charge in [-0.25, -0.2) is 8.78 Å². The van der Waals surface area contributed by atoms with E-state index in [2.05, 4.69) is 25.8 Å². The summed E-state index contributed by atoms with van der Waals surface area (Å²) >= 11 is 1.53. The van der Waals surface area contributed by atoms with Gasteiger partial charge in [-0.05, 0) is 29.2 Å². The van der Waals surface area contributed by atoms with Crippen LogP contribution in [-0.2, 0) is 5.75 Å². The summed E-state index contributed by atoms with van der Waals surface area (Å²) in [5.41, 5.74) is 2.15. The second-order valence-corrected chi connectivity index (χ2v) is 7.42. The van der Waals surface area contributed by atoms with Crippen LogP contribution in [0, 0.1) is 17.0 Å². The molecule has 0 radical (unpaired) electrons. The van der Waals surface area contributed by atoms with Crippen LogP contribution in [0.4, 0.5) is 8.78 Å². The molecule has 3 rings (SSSR count). The van der Waals surface area contributed by atoms with Crippen molar-refractivity contribution in [1.29, 1.82) is 0 Å². The first-order valence-corrected chi connectivity index (χ1v) is 7.92. The lowest BCUT2D eigenvalue weighted by atomic mass is 9.73. The third-order valence-electron chi connectivity index (χ3n) is 3.85. The van der Waals surface area contributed by atoms with Gasteiger partial charge in [0.2, 0.25) is 0 Å². The van der Waals surface area contributed by atoms with E-state index < -0.39 is 11.6 Å². The van der Waals surface area contributed by atoms with Crippen molar-refractivity contribution in [3.8, 4) is 0 Å². The second-order valence-electron chi connectivity index (χ2n) is 6.40. The van der Waals surface area contributed by atoms with Gasteiger partial charge < -0.3 is 0 Å². The third kappa shape index (κ3) is 2.46. The molecule has 0 fully saturated rings. The van der Waals surface area contributed by atoms with E-state index in [1.165, 1.54) is 17.8 Å². The summed E-state index contributed by atoms with van der Waals surface area (Å²) in [6, 6.07) is 6.84. The second kappa shape index (κ2) is 5.09. The highest BCUT2D eigenvalue weighted by Crippen LogP contribution is 2.48. The van der Waals surface area contributed by atoms with Crippen LogP contribution >= 0.6 is 11.8 Å². The molecule has 0 aliphatic carbocycles. The van der Waals surface area contributed by atoms with Crippen molar-refractivity contribution in [2.24, 2.45) is 5.41 Å². The molecule has 110 valence electrons. The first-order chi connectivity index (χ1) is 9.89. The number of hydrogen-bond acceptors (Lipinski definition) is 2. The highest BCUT2D eigenvalue weighted by molar-refractivity contribution is 7.98. The van der Waals surface area contributed by atoms with Crippen LogP contribution in [0.15, 0.2) is 35.4 Å². The van der Waals surface area contributed by atoms with Gasteiger partial charge in [-0.15, -0.1) is 11.8 Å². The molecule has 1 aliphatic heterocycles. The van der Waals surface area contributed by atoms with Gasteiger partial charge in [0.1, 0.15) is 0 Å². The quantitative estimate of drug-likeness (QED) is 0.668. The van der Waals surface area contributed by atoms with Crippen LogP contribution in [0.1, 0.15) is 43.5 Å². The fourth-order valence-corrected chi connectivity index (χ4v) is 4.03. The zero-order chi connectivity index (χ0) is 15.2. The number of benzene rings is 1. The number of aromatic nitrogens is 1. The molecule has 1 unspecified atom stereocenters. The summed E-state index contributed by atoms with van der Waals surface area (Å²) in [7, 11) is 0. The number of hydrogen-bond donors (Lipinski definition) is 0. The lowest BCUT2D eigenvalue weighted by molar-refractivity contribution is 0.347. The zero-order valence-corrected chi connectivity index (χ0v) is 13.1. The third-order valence-corrected chi connectivity index (χ3v) is 4.94. The predicted octanol–water partition coefficient (Wildman–Crippen LogP) is 5.14. The average molecular weight is 305 g/mol. The smallest absolute Gasteiger partial charge is 0.163 e. The van der Waals surface area contributed by atoms with Crippen molar-refractivity contribution in [1.82, 2.24) is 4.98 Å². The molecule has 1 nitrogen and oxygen atoms in total. The maximum atomic E-state index is 14.2. The van der Waals surface area contributed by atoms with Gasteiger partial charge in [-0.2, -0.15) is 0 Å². The normalized spacial score (nSPS) is 17.9. The Balaban J connectivity index is 2.29. The Morgan fingerprint density at radius 1 is 1.19 bits per heavy atom. The summed E-state index contributed by atoms with van der Waals surface area (Å²) in [6.45, 7) is 6.32.